The van der Waals surface area contributed by atoms with Crippen molar-refractivity contribution in [1.82, 2.24) is 0 Å². The number of rotatable bonds is 4. The van der Waals surface area contributed by atoms with Crippen LogP contribution in [0.4, 0.5) is 0 Å². The highest BCUT2D eigenvalue weighted by Gasteiger charge is 2.30. The van der Waals surface area contributed by atoms with Crippen molar-refractivity contribution in [3.05, 3.63) is 0 Å². The number of hydrogen-bond donors (Lipinski definition) is 2. The minimum Gasteiger partial charge on any atom is -0.396 e. The molecule has 10 heavy (non-hydrogen) atoms. The minimum absolute atomic E-state index is 0.0570. The molecule has 2 atom stereocenters. The van der Waals surface area contributed by atoms with Crippen molar-refractivity contribution in [2.45, 2.75) is 26.6 Å². The lowest BCUT2D eigenvalue weighted by atomic mass is 9.88. The Kier molecular flexibility index (Phi) is 3.86. The van der Waals surface area contributed by atoms with E-state index in [2.05, 4.69) is 0 Å². The van der Waals surface area contributed by atoms with Gasteiger partial charge in [-0.2, -0.15) is 0 Å². The molecule has 0 fully saturated rings. The van der Waals surface area contributed by atoms with E-state index in [0.717, 1.165) is 0 Å². The quantitative estimate of drug-likeness (QED) is 0.566. The fourth-order valence-corrected chi connectivity index (χ4v) is 0.649. The van der Waals surface area contributed by atoms with Crippen molar-refractivity contribution in [3.8, 4) is 0 Å². The summed E-state index contributed by atoms with van der Waals surface area (Å²) in [7, 11) is 1.42. The molecule has 0 radical (unpaired) electrons. The summed E-state index contributed by atoms with van der Waals surface area (Å²) in [6.45, 7) is 3.62. The Labute approximate surface area is 61.6 Å². The van der Waals surface area contributed by atoms with E-state index in [1.807, 2.05) is 6.92 Å². The van der Waals surface area contributed by atoms with Gasteiger partial charge >= 0.3 is 0 Å². The Bertz CT molecular complexity index is 88.9. The third-order valence-electron chi connectivity index (χ3n) is 1.99. The van der Waals surface area contributed by atoms with E-state index in [4.69, 9.17) is 9.84 Å². The zero-order valence-electron chi connectivity index (χ0n) is 6.79. The number of hydrogen-bond acceptors (Lipinski definition) is 3. The summed E-state index contributed by atoms with van der Waals surface area (Å²) in [5.41, 5.74) is -0.519. The Balaban J connectivity index is 4.02. The molecule has 0 aliphatic heterocycles. The standard InChI is InChI=1S/C7H16O3/c1-4-7(2,5-8)6(9)10-3/h6,8-9H,4-5H2,1-3H3/t6-,7?/m1/s1. The summed E-state index contributed by atoms with van der Waals surface area (Å²) in [5.74, 6) is 0. The van der Waals surface area contributed by atoms with Gasteiger partial charge < -0.3 is 14.9 Å². The molecule has 0 bridgehead atoms. The van der Waals surface area contributed by atoms with Gasteiger partial charge in [0, 0.05) is 12.5 Å². The van der Waals surface area contributed by atoms with Crippen molar-refractivity contribution < 1.29 is 14.9 Å². The molecule has 2 N–H and O–H groups in total. The molecule has 0 aromatic carbocycles. The highest BCUT2D eigenvalue weighted by atomic mass is 16.6. The van der Waals surface area contributed by atoms with Gasteiger partial charge in [0.05, 0.1) is 6.61 Å². The average Bonchev–Trinajstić information content (AvgIpc) is 2.01. The van der Waals surface area contributed by atoms with Gasteiger partial charge in [-0.25, -0.2) is 0 Å². The van der Waals surface area contributed by atoms with E-state index in [-0.39, 0.29) is 6.61 Å². The molecule has 62 valence electrons. The Morgan fingerprint density at radius 2 is 2.10 bits per heavy atom. The van der Waals surface area contributed by atoms with Crippen LogP contribution in [0.15, 0.2) is 0 Å². The molecule has 0 aliphatic carbocycles. The van der Waals surface area contributed by atoms with E-state index in [0.29, 0.717) is 6.42 Å². The maximum atomic E-state index is 9.19. The van der Waals surface area contributed by atoms with Crippen molar-refractivity contribution in [1.29, 1.82) is 0 Å². The SMILES string of the molecule is CCC(C)(CO)[C@H](O)OC. The second-order valence-corrected chi connectivity index (χ2v) is 2.75. The van der Waals surface area contributed by atoms with Gasteiger partial charge in [0.15, 0.2) is 6.29 Å². The van der Waals surface area contributed by atoms with Gasteiger partial charge in [0.2, 0.25) is 0 Å². The summed E-state index contributed by atoms with van der Waals surface area (Å²) in [6.07, 6.45) is -0.180. The van der Waals surface area contributed by atoms with Crippen LogP contribution in [0.25, 0.3) is 0 Å². The topological polar surface area (TPSA) is 49.7 Å². The van der Waals surface area contributed by atoms with Crippen LogP contribution >= 0.6 is 0 Å². The third kappa shape index (κ3) is 1.94. The minimum atomic E-state index is -0.873. The van der Waals surface area contributed by atoms with Crippen molar-refractivity contribution in [2.75, 3.05) is 13.7 Å². The van der Waals surface area contributed by atoms with Crippen LogP contribution in [-0.2, 0) is 4.74 Å². The molecule has 3 heteroatoms. The van der Waals surface area contributed by atoms with Crippen LogP contribution in [-0.4, -0.2) is 30.2 Å². The Morgan fingerprint density at radius 3 is 2.20 bits per heavy atom. The third-order valence-corrected chi connectivity index (χ3v) is 1.99. The van der Waals surface area contributed by atoms with E-state index in [1.54, 1.807) is 6.92 Å². The van der Waals surface area contributed by atoms with Gasteiger partial charge in [-0.05, 0) is 6.42 Å². The van der Waals surface area contributed by atoms with E-state index in [1.165, 1.54) is 7.11 Å². The normalized spacial score (nSPS) is 20.1. The fourth-order valence-electron chi connectivity index (χ4n) is 0.649. The maximum absolute atomic E-state index is 9.19. The lowest BCUT2D eigenvalue weighted by Gasteiger charge is -2.29. The van der Waals surface area contributed by atoms with Gasteiger partial charge in [-0.1, -0.05) is 13.8 Å². The van der Waals surface area contributed by atoms with Crippen LogP contribution in [0.5, 0.6) is 0 Å². The van der Waals surface area contributed by atoms with Gasteiger partial charge in [-0.3, -0.25) is 0 Å². The first-order valence-electron chi connectivity index (χ1n) is 3.42. The first-order chi connectivity index (χ1) is 4.60. The molecule has 0 amide bonds. The monoisotopic (exact) mass is 148 g/mol. The number of aliphatic hydroxyl groups excluding tert-OH is 2. The first-order valence-corrected chi connectivity index (χ1v) is 3.42. The highest BCUT2D eigenvalue weighted by Crippen LogP contribution is 2.24. The van der Waals surface area contributed by atoms with E-state index >= 15 is 0 Å². The molecule has 0 aromatic heterocycles. The molecule has 0 spiro atoms. The van der Waals surface area contributed by atoms with Gasteiger partial charge in [-0.15, -0.1) is 0 Å². The predicted molar refractivity (Wildman–Crippen MR) is 38.5 cm³/mol. The molecule has 0 rings (SSSR count). The summed E-state index contributed by atoms with van der Waals surface area (Å²) in [6, 6.07) is 0. The lowest BCUT2D eigenvalue weighted by Crippen LogP contribution is -2.36. The van der Waals surface area contributed by atoms with Crippen LogP contribution in [0, 0.1) is 5.41 Å². The van der Waals surface area contributed by atoms with Crippen LogP contribution in [0.1, 0.15) is 20.3 Å². The molecule has 0 aromatic rings. The molecule has 0 heterocycles. The second kappa shape index (κ2) is 3.91. The van der Waals surface area contributed by atoms with Gasteiger partial charge in [0.25, 0.3) is 0 Å². The number of ether oxygens (including phenoxy) is 1. The average molecular weight is 148 g/mol. The molecule has 1 unspecified atom stereocenters. The summed E-state index contributed by atoms with van der Waals surface area (Å²) < 4.78 is 4.69. The number of aliphatic hydroxyl groups is 2. The predicted octanol–water partition coefficient (Wildman–Crippen LogP) is 0.360. The second-order valence-electron chi connectivity index (χ2n) is 2.75. The molecular weight excluding hydrogens is 132 g/mol. The van der Waals surface area contributed by atoms with Crippen LogP contribution in [0.2, 0.25) is 0 Å². The highest BCUT2D eigenvalue weighted by molar-refractivity contribution is 4.73. The lowest BCUT2D eigenvalue weighted by molar-refractivity contribution is -0.166. The van der Waals surface area contributed by atoms with Crippen molar-refractivity contribution in [3.63, 3.8) is 0 Å². The Hall–Kier alpha value is -0.120. The van der Waals surface area contributed by atoms with Crippen LogP contribution in [0.3, 0.4) is 0 Å². The number of methoxy groups -OCH3 is 1. The smallest absolute Gasteiger partial charge is 0.161 e. The largest absolute Gasteiger partial charge is 0.396 e. The zero-order valence-corrected chi connectivity index (χ0v) is 6.79. The van der Waals surface area contributed by atoms with Crippen molar-refractivity contribution in [2.24, 2.45) is 5.41 Å². The molecular formula is C7H16O3. The van der Waals surface area contributed by atoms with Gasteiger partial charge in [0.1, 0.15) is 0 Å². The fraction of sp³-hybridized carbons (Fsp3) is 1.00. The van der Waals surface area contributed by atoms with Crippen molar-refractivity contribution >= 4 is 0 Å². The first kappa shape index (κ1) is 9.88. The molecule has 0 saturated heterocycles. The molecule has 0 saturated carbocycles. The zero-order chi connectivity index (χ0) is 8.20. The Morgan fingerprint density at radius 1 is 1.60 bits per heavy atom. The van der Waals surface area contributed by atoms with E-state index in [9.17, 15) is 5.11 Å². The maximum Gasteiger partial charge on any atom is 0.161 e. The summed E-state index contributed by atoms with van der Waals surface area (Å²) in [4.78, 5) is 0. The van der Waals surface area contributed by atoms with Crippen LogP contribution < -0.4 is 0 Å². The molecule has 0 aliphatic rings. The van der Waals surface area contributed by atoms with E-state index < -0.39 is 11.7 Å². The molecule has 3 nitrogen and oxygen atoms in total. The summed E-state index contributed by atoms with van der Waals surface area (Å²) >= 11 is 0. The summed E-state index contributed by atoms with van der Waals surface area (Å²) in [5, 5.41) is 18.0.